The van der Waals surface area contributed by atoms with E-state index in [0.29, 0.717) is 25.7 Å². The van der Waals surface area contributed by atoms with Gasteiger partial charge in [-0.15, -0.1) is 24.0 Å². The predicted molar refractivity (Wildman–Crippen MR) is 105 cm³/mol. The third-order valence-corrected chi connectivity index (χ3v) is 2.91. The second-order valence-corrected chi connectivity index (χ2v) is 5.42. The van der Waals surface area contributed by atoms with Crippen LogP contribution in [0, 0.1) is 5.92 Å². The molecule has 0 spiro atoms. The van der Waals surface area contributed by atoms with Gasteiger partial charge in [-0.05, 0) is 25.7 Å². The summed E-state index contributed by atoms with van der Waals surface area (Å²) in [6.07, 6.45) is 1.40. The smallest absolute Gasteiger partial charge is 0.407 e. The van der Waals surface area contributed by atoms with Crippen LogP contribution in [0.1, 0.15) is 33.6 Å². The largest absolute Gasteiger partial charge is 0.450 e. The molecule has 0 aromatic heterocycles. The van der Waals surface area contributed by atoms with Crippen molar-refractivity contribution in [3.05, 3.63) is 0 Å². The third-order valence-electron chi connectivity index (χ3n) is 2.91. The second-order valence-electron chi connectivity index (χ2n) is 5.42. The highest BCUT2D eigenvalue weighted by molar-refractivity contribution is 14.0. The van der Waals surface area contributed by atoms with Crippen LogP contribution < -0.4 is 16.0 Å². The summed E-state index contributed by atoms with van der Waals surface area (Å²) in [5.74, 6) is 1.20. The zero-order chi connectivity index (χ0) is 16.8. The molecule has 1 amide bonds. The lowest BCUT2D eigenvalue weighted by Gasteiger charge is -2.22. The zero-order valence-corrected chi connectivity index (χ0v) is 17.3. The number of alkyl carbamates (subject to hydrolysis) is 1. The highest BCUT2D eigenvalue weighted by atomic mass is 127. The number of halogens is 1. The minimum atomic E-state index is -0.377. The van der Waals surface area contributed by atoms with Crippen LogP contribution in [0.3, 0.4) is 0 Å². The van der Waals surface area contributed by atoms with Crippen molar-refractivity contribution >= 4 is 36.0 Å². The number of guanidine groups is 1. The number of methoxy groups -OCH3 is 1. The zero-order valence-electron chi connectivity index (χ0n) is 15.0. The number of carbonyl (C=O) groups excluding carboxylic acids is 1. The van der Waals surface area contributed by atoms with Crippen molar-refractivity contribution in [3.63, 3.8) is 0 Å². The Bertz CT molecular complexity index is 328. The highest BCUT2D eigenvalue weighted by Gasteiger charge is 2.15. The Morgan fingerprint density at radius 3 is 2.48 bits per heavy atom. The van der Waals surface area contributed by atoms with E-state index in [-0.39, 0.29) is 36.1 Å². The van der Waals surface area contributed by atoms with Gasteiger partial charge >= 0.3 is 6.09 Å². The highest BCUT2D eigenvalue weighted by Crippen LogP contribution is 2.04. The minimum absolute atomic E-state index is 0. The molecule has 0 aromatic rings. The molecule has 0 aromatic carbocycles. The second kappa shape index (κ2) is 16.1. The Morgan fingerprint density at radius 2 is 1.96 bits per heavy atom. The molecule has 1 unspecified atom stereocenters. The van der Waals surface area contributed by atoms with E-state index >= 15 is 0 Å². The Labute approximate surface area is 157 Å². The molecule has 0 aliphatic heterocycles. The first kappa shape index (κ1) is 24.5. The van der Waals surface area contributed by atoms with Gasteiger partial charge in [-0.2, -0.15) is 0 Å². The number of hydrogen-bond donors (Lipinski definition) is 3. The predicted octanol–water partition coefficient (Wildman–Crippen LogP) is 1.97. The summed E-state index contributed by atoms with van der Waals surface area (Å²) in [6.45, 7) is 8.51. The topological polar surface area (TPSA) is 84.0 Å². The molecule has 0 bridgehead atoms. The number of carbonyl (C=O) groups is 1. The van der Waals surface area contributed by atoms with Gasteiger partial charge in [0.15, 0.2) is 5.96 Å². The van der Waals surface area contributed by atoms with Gasteiger partial charge in [0.05, 0.1) is 6.61 Å². The molecule has 0 saturated carbocycles. The first-order valence-electron chi connectivity index (χ1n) is 7.90. The minimum Gasteiger partial charge on any atom is -0.450 e. The molecule has 0 saturated heterocycles. The first-order valence-corrected chi connectivity index (χ1v) is 7.90. The van der Waals surface area contributed by atoms with Crippen molar-refractivity contribution in [1.29, 1.82) is 0 Å². The van der Waals surface area contributed by atoms with Crippen LogP contribution in [-0.4, -0.2) is 58.6 Å². The van der Waals surface area contributed by atoms with Gasteiger partial charge in [-0.3, -0.25) is 4.99 Å². The van der Waals surface area contributed by atoms with Crippen molar-refractivity contribution in [2.45, 2.75) is 39.7 Å². The van der Waals surface area contributed by atoms with Crippen molar-refractivity contribution in [2.24, 2.45) is 10.9 Å². The molecule has 0 radical (unpaired) electrons. The molecule has 3 N–H and O–H groups in total. The van der Waals surface area contributed by atoms with E-state index in [1.54, 1.807) is 21.1 Å². The van der Waals surface area contributed by atoms with E-state index in [1.807, 2.05) is 0 Å². The summed E-state index contributed by atoms with van der Waals surface area (Å²) in [5, 5.41) is 9.31. The lowest BCUT2D eigenvalue weighted by atomic mass is 10.0. The maximum absolute atomic E-state index is 11.6. The average molecular weight is 444 g/mol. The SMILES string of the molecule is CCOC(=O)NC(CNC(=NC)NCCCOC)CC(C)C.I. The van der Waals surface area contributed by atoms with Crippen LogP contribution >= 0.6 is 24.0 Å². The lowest BCUT2D eigenvalue weighted by Crippen LogP contribution is -2.47. The summed E-state index contributed by atoms with van der Waals surface area (Å²) in [4.78, 5) is 15.7. The molecule has 1 atom stereocenters. The van der Waals surface area contributed by atoms with Crippen LogP contribution in [0.4, 0.5) is 4.79 Å². The maximum Gasteiger partial charge on any atom is 0.407 e. The Hall–Kier alpha value is -0.770. The summed E-state index contributed by atoms with van der Waals surface area (Å²) < 4.78 is 9.95. The molecule has 0 rings (SSSR count). The fourth-order valence-electron chi connectivity index (χ4n) is 1.97. The van der Waals surface area contributed by atoms with Gasteiger partial charge in [0.2, 0.25) is 0 Å². The van der Waals surface area contributed by atoms with E-state index in [1.165, 1.54) is 0 Å². The molecule has 138 valence electrons. The monoisotopic (exact) mass is 444 g/mol. The van der Waals surface area contributed by atoms with E-state index in [9.17, 15) is 4.79 Å². The van der Waals surface area contributed by atoms with E-state index in [4.69, 9.17) is 9.47 Å². The van der Waals surface area contributed by atoms with Gasteiger partial charge in [0, 0.05) is 39.9 Å². The Kier molecular flexibility index (Phi) is 17.1. The average Bonchev–Trinajstić information content (AvgIpc) is 2.46. The molecular weight excluding hydrogens is 411 g/mol. The third kappa shape index (κ3) is 14.5. The van der Waals surface area contributed by atoms with Crippen molar-refractivity contribution in [1.82, 2.24) is 16.0 Å². The molecule has 0 aliphatic carbocycles. The summed E-state index contributed by atoms with van der Waals surface area (Å²) in [7, 11) is 3.41. The molecule has 8 heteroatoms. The van der Waals surface area contributed by atoms with Gasteiger partial charge in [0.25, 0.3) is 0 Å². The van der Waals surface area contributed by atoms with Gasteiger partial charge in [-0.25, -0.2) is 4.79 Å². The van der Waals surface area contributed by atoms with E-state index in [0.717, 1.165) is 25.3 Å². The fourth-order valence-corrected chi connectivity index (χ4v) is 1.97. The number of hydrogen-bond acceptors (Lipinski definition) is 4. The van der Waals surface area contributed by atoms with Crippen LogP contribution in [0.5, 0.6) is 0 Å². The van der Waals surface area contributed by atoms with Crippen molar-refractivity contribution in [3.8, 4) is 0 Å². The number of nitrogens with zero attached hydrogens (tertiary/aromatic N) is 1. The number of amides is 1. The first-order chi connectivity index (χ1) is 10.5. The molecule has 23 heavy (non-hydrogen) atoms. The summed E-state index contributed by atoms with van der Waals surface area (Å²) in [6, 6.07) is -0.00317. The number of rotatable bonds is 10. The standard InChI is InChI=1S/C15H32N4O3.HI/c1-6-22-15(20)19-13(10-12(2)3)11-18-14(16-4)17-8-7-9-21-5;/h12-13H,6-11H2,1-5H3,(H,19,20)(H2,16,17,18);1H. The molecule has 7 nitrogen and oxygen atoms in total. The number of ether oxygens (including phenoxy) is 2. The Balaban J connectivity index is 0. The van der Waals surface area contributed by atoms with Crippen LogP contribution in [0.25, 0.3) is 0 Å². The molecular formula is C15H33IN4O3. The quantitative estimate of drug-likeness (QED) is 0.208. The molecule has 0 heterocycles. The number of aliphatic imine (C=N–C) groups is 1. The van der Waals surface area contributed by atoms with E-state index < -0.39 is 0 Å². The van der Waals surface area contributed by atoms with Crippen LogP contribution in [0.15, 0.2) is 4.99 Å². The van der Waals surface area contributed by atoms with Crippen LogP contribution in [-0.2, 0) is 9.47 Å². The van der Waals surface area contributed by atoms with Gasteiger partial charge < -0.3 is 25.4 Å². The molecule has 0 aliphatic rings. The maximum atomic E-state index is 11.6. The lowest BCUT2D eigenvalue weighted by molar-refractivity contribution is 0.146. The Morgan fingerprint density at radius 1 is 1.26 bits per heavy atom. The number of nitrogens with one attached hydrogen (secondary N) is 3. The van der Waals surface area contributed by atoms with Crippen molar-refractivity contribution < 1.29 is 14.3 Å². The summed E-state index contributed by atoms with van der Waals surface area (Å²) >= 11 is 0. The summed E-state index contributed by atoms with van der Waals surface area (Å²) in [5.41, 5.74) is 0. The fraction of sp³-hybridized carbons (Fsp3) is 0.867. The van der Waals surface area contributed by atoms with Crippen molar-refractivity contribution in [2.75, 3.05) is 40.5 Å². The van der Waals surface area contributed by atoms with Crippen LogP contribution in [0.2, 0.25) is 0 Å². The van der Waals surface area contributed by atoms with E-state index in [2.05, 4.69) is 34.8 Å². The normalized spacial score (nSPS) is 12.3. The molecule has 0 fully saturated rings. The van der Waals surface area contributed by atoms with Gasteiger partial charge in [-0.1, -0.05) is 13.8 Å². The van der Waals surface area contributed by atoms with Gasteiger partial charge in [0.1, 0.15) is 0 Å².